The lowest BCUT2D eigenvalue weighted by atomic mass is 10.2. The number of aryl methyl sites for hydroxylation is 1. The second kappa shape index (κ2) is 3.90. The molecule has 12 heavy (non-hydrogen) atoms. The molecule has 1 unspecified atom stereocenters. The first-order valence-electron chi connectivity index (χ1n) is 3.82. The minimum absolute atomic E-state index is 0.0950. The molecule has 0 aromatic carbocycles. The fourth-order valence-electron chi connectivity index (χ4n) is 1.03. The van der Waals surface area contributed by atoms with Gasteiger partial charge in [-0.05, 0) is 19.9 Å². The lowest BCUT2D eigenvalue weighted by molar-refractivity contribution is -0.132. The van der Waals surface area contributed by atoms with E-state index in [4.69, 9.17) is 4.74 Å². The topological polar surface area (TPSA) is 55.0 Å². The van der Waals surface area contributed by atoms with Crippen LogP contribution in [0, 0.1) is 6.92 Å². The Hall–Kier alpha value is -1.32. The van der Waals surface area contributed by atoms with Crippen molar-refractivity contribution in [3.8, 4) is 0 Å². The van der Waals surface area contributed by atoms with Gasteiger partial charge in [0, 0.05) is 12.1 Å². The predicted molar refractivity (Wildman–Crippen MR) is 43.6 cm³/mol. The molecule has 1 N–H and O–H groups in total. The van der Waals surface area contributed by atoms with Crippen LogP contribution >= 0.6 is 0 Å². The van der Waals surface area contributed by atoms with E-state index in [2.05, 4.69) is 10.2 Å². The highest BCUT2D eigenvalue weighted by Crippen LogP contribution is 2.03. The number of rotatable bonds is 4. The number of hydrogen-bond donors (Lipinski definition) is 1. The van der Waals surface area contributed by atoms with Crippen molar-refractivity contribution in [2.75, 3.05) is 0 Å². The Morgan fingerprint density at radius 3 is 3.08 bits per heavy atom. The van der Waals surface area contributed by atoms with Crippen molar-refractivity contribution < 1.29 is 9.53 Å². The highest BCUT2D eigenvalue weighted by Gasteiger charge is 2.04. The molecule has 0 amide bonds. The molecule has 1 aromatic heterocycles. The number of nitrogens with zero attached hydrogens (tertiary/aromatic N) is 1. The molecule has 1 rings (SSSR count). The number of H-pyrrole nitrogens is 1. The smallest absolute Gasteiger partial charge is 0.293 e. The maximum absolute atomic E-state index is 9.96. The highest BCUT2D eigenvalue weighted by atomic mass is 16.5. The largest absolute Gasteiger partial charge is 0.464 e. The molecule has 0 fully saturated rings. The van der Waals surface area contributed by atoms with Crippen molar-refractivity contribution in [2.24, 2.45) is 0 Å². The summed E-state index contributed by atoms with van der Waals surface area (Å²) in [5.74, 6) is 0. The molecule has 4 nitrogen and oxygen atoms in total. The van der Waals surface area contributed by atoms with Gasteiger partial charge >= 0.3 is 0 Å². The molecule has 1 aromatic rings. The van der Waals surface area contributed by atoms with Gasteiger partial charge in [0.1, 0.15) is 6.10 Å². The SMILES string of the molecule is Cc1cc(CC(C)OC=O)[nH]n1. The Bertz CT molecular complexity index is 257. The van der Waals surface area contributed by atoms with Crippen LogP contribution in [0.5, 0.6) is 0 Å². The van der Waals surface area contributed by atoms with E-state index in [-0.39, 0.29) is 6.10 Å². The maximum Gasteiger partial charge on any atom is 0.293 e. The Balaban J connectivity index is 2.46. The van der Waals surface area contributed by atoms with E-state index in [0.29, 0.717) is 12.9 Å². The number of aromatic nitrogens is 2. The van der Waals surface area contributed by atoms with Gasteiger partial charge in [0.15, 0.2) is 0 Å². The van der Waals surface area contributed by atoms with Crippen molar-refractivity contribution in [3.63, 3.8) is 0 Å². The molecule has 0 spiro atoms. The minimum atomic E-state index is -0.0950. The number of carbonyl (C=O) groups excluding carboxylic acids is 1. The van der Waals surface area contributed by atoms with Crippen LogP contribution in [0.25, 0.3) is 0 Å². The van der Waals surface area contributed by atoms with Crippen LogP contribution in [-0.2, 0) is 16.0 Å². The molecule has 0 aliphatic heterocycles. The fourth-order valence-corrected chi connectivity index (χ4v) is 1.03. The van der Waals surface area contributed by atoms with Crippen molar-refractivity contribution in [2.45, 2.75) is 26.4 Å². The van der Waals surface area contributed by atoms with Crippen LogP contribution in [0.1, 0.15) is 18.3 Å². The zero-order valence-electron chi connectivity index (χ0n) is 7.20. The van der Waals surface area contributed by atoms with Gasteiger partial charge in [0.05, 0.1) is 5.69 Å². The molecule has 1 atom stereocenters. The van der Waals surface area contributed by atoms with Crippen LogP contribution in [0.4, 0.5) is 0 Å². The number of ether oxygens (including phenoxy) is 1. The highest BCUT2D eigenvalue weighted by molar-refractivity contribution is 5.37. The normalized spacial score (nSPS) is 12.5. The second-order valence-corrected chi connectivity index (χ2v) is 2.78. The van der Waals surface area contributed by atoms with Crippen molar-refractivity contribution in [3.05, 3.63) is 17.5 Å². The van der Waals surface area contributed by atoms with Gasteiger partial charge < -0.3 is 4.74 Å². The molecule has 0 aliphatic rings. The van der Waals surface area contributed by atoms with Crippen molar-refractivity contribution in [1.29, 1.82) is 0 Å². The summed E-state index contributed by atoms with van der Waals surface area (Å²) in [6.45, 7) is 4.21. The monoisotopic (exact) mass is 168 g/mol. The molecule has 0 aliphatic carbocycles. The molecular formula is C8H12N2O2. The maximum atomic E-state index is 9.96. The molecule has 0 saturated carbocycles. The molecule has 0 saturated heterocycles. The Morgan fingerprint density at radius 1 is 1.83 bits per heavy atom. The Morgan fingerprint density at radius 2 is 2.58 bits per heavy atom. The number of hydrogen-bond acceptors (Lipinski definition) is 3. The average Bonchev–Trinajstić information content (AvgIpc) is 2.36. The van der Waals surface area contributed by atoms with Crippen LogP contribution in [0.2, 0.25) is 0 Å². The number of aromatic amines is 1. The predicted octanol–water partition coefficient (Wildman–Crippen LogP) is 0.822. The van der Waals surface area contributed by atoms with E-state index in [1.807, 2.05) is 19.9 Å². The van der Waals surface area contributed by atoms with Gasteiger partial charge in [-0.1, -0.05) is 0 Å². The zero-order chi connectivity index (χ0) is 8.97. The second-order valence-electron chi connectivity index (χ2n) is 2.78. The zero-order valence-corrected chi connectivity index (χ0v) is 7.20. The lowest BCUT2D eigenvalue weighted by Crippen LogP contribution is -2.10. The third-order valence-electron chi connectivity index (χ3n) is 1.55. The van der Waals surface area contributed by atoms with Crippen molar-refractivity contribution in [1.82, 2.24) is 10.2 Å². The Kier molecular flexibility index (Phi) is 2.85. The molecule has 1 heterocycles. The third-order valence-corrected chi connectivity index (χ3v) is 1.55. The van der Waals surface area contributed by atoms with Gasteiger partial charge in [0.25, 0.3) is 6.47 Å². The fraction of sp³-hybridized carbons (Fsp3) is 0.500. The molecule has 0 radical (unpaired) electrons. The van der Waals surface area contributed by atoms with E-state index in [1.54, 1.807) is 0 Å². The molecule has 0 bridgehead atoms. The Labute approximate surface area is 70.9 Å². The van der Waals surface area contributed by atoms with Crippen LogP contribution in [-0.4, -0.2) is 22.8 Å². The van der Waals surface area contributed by atoms with Crippen LogP contribution in [0.3, 0.4) is 0 Å². The third kappa shape index (κ3) is 2.38. The van der Waals surface area contributed by atoms with Gasteiger partial charge in [-0.25, -0.2) is 0 Å². The minimum Gasteiger partial charge on any atom is -0.464 e. The summed E-state index contributed by atoms with van der Waals surface area (Å²) in [6, 6.07) is 1.94. The molecule has 4 heteroatoms. The van der Waals surface area contributed by atoms with Gasteiger partial charge in [-0.15, -0.1) is 0 Å². The van der Waals surface area contributed by atoms with Crippen molar-refractivity contribution >= 4 is 6.47 Å². The summed E-state index contributed by atoms with van der Waals surface area (Å²) >= 11 is 0. The molecular weight excluding hydrogens is 156 g/mol. The standard InChI is InChI=1S/C8H12N2O2/c1-6-3-8(10-9-6)4-7(2)12-5-11/h3,5,7H,4H2,1-2H3,(H,9,10). The van der Waals surface area contributed by atoms with E-state index in [9.17, 15) is 4.79 Å². The van der Waals surface area contributed by atoms with Gasteiger partial charge in [-0.3, -0.25) is 9.89 Å². The summed E-state index contributed by atoms with van der Waals surface area (Å²) in [5.41, 5.74) is 1.94. The lowest BCUT2D eigenvalue weighted by Gasteiger charge is -2.06. The quantitative estimate of drug-likeness (QED) is 0.677. The summed E-state index contributed by atoms with van der Waals surface area (Å²) < 4.78 is 4.73. The molecule has 66 valence electrons. The first kappa shape index (κ1) is 8.77. The first-order chi connectivity index (χ1) is 5.72. The summed E-state index contributed by atoms with van der Waals surface area (Å²) in [6.07, 6.45) is 0.585. The van der Waals surface area contributed by atoms with E-state index >= 15 is 0 Å². The van der Waals surface area contributed by atoms with Gasteiger partial charge in [0.2, 0.25) is 0 Å². The number of carbonyl (C=O) groups is 1. The first-order valence-corrected chi connectivity index (χ1v) is 3.82. The number of nitrogens with one attached hydrogen (secondary N) is 1. The average molecular weight is 168 g/mol. The summed E-state index contributed by atoms with van der Waals surface area (Å²) in [7, 11) is 0. The van der Waals surface area contributed by atoms with Gasteiger partial charge in [-0.2, -0.15) is 5.10 Å². The van der Waals surface area contributed by atoms with Crippen LogP contribution in [0.15, 0.2) is 6.07 Å². The summed E-state index contributed by atoms with van der Waals surface area (Å²) in [4.78, 5) is 9.96. The van der Waals surface area contributed by atoms with E-state index < -0.39 is 0 Å². The van der Waals surface area contributed by atoms with Crippen LogP contribution < -0.4 is 0 Å². The van der Waals surface area contributed by atoms with E-state index in [1.165, 1.54) is 0 Å². The summed E-state index contributed by atoms with van der Waals surface area (Å²) in [5, 5.41) is 6.81. The van der Waals surface area contributed by atoms with E-state index in [0.717, 1.165) is 11.4 Å².